The van der Waals surface area contributed by atoms with Crippen molar-refractivity contribution in [3.8, 4) is 0 Å². The number of aromatic nitrogens is 2. The predicted molar refractivity (Wildman–Crippen MR) is 92.5 cm³/mol. The van der Waals surface area contributed by atoms with Gasteiger partial charge in [0.25, 0.3) is 11.2 Å². The largest absolute Gasteiger partial charge is 0.391 e. The molecule has 2 heterocycles. The molecule has 0 saturated carbocycles. The molecule has 1 fully saturated rings. The van der Waals surface area contributed by atoms with Gasteiger partial charge in [-0.05, 0) is 12.5 Å². The number of nitro groups is 1. The van der Waals surface area contributed by atoms with Gasteiger partial charge in [-0.3, -0.25) is 14.9 Å². The van der Waals surface area contributed by atoms with E-state index in [0.717, 1.165) is 12.3 Å². The van der Waals surface area contributed by atoms with Gasteiger partial charge in [-0.15, -0.1) is 0 Å². The molecule has 1 saturated heterocycles. The maximum atomic E-state index is 12.5. The van der Waals surface area contributed by atoms with Crippen LogP contribution in [0.2, 0.25) is 0 Å². The SMILES string of the molecule is CS(=O)(=O)Nn1c(=O)[nH]c2cc([N+](=O)[O-])c(N3CCC(O)C3)cc2c1=O. The average Bonchev–Trinajstić information content (AvgIpc) is 2.96. The highest BCUT2D eigenvalue weighted by atomic mass is 32.2. The van der Waals surface area contributed by atoms with Gasteiger partial charge in [-0.25, -0.2) is 18.0 Å². The lowest BCUT2D eigenvalue weighted by molar-refractivity contribution is -0.384. The summed E-state index contributed by atoms with van der Waals surface area (Å²) in [5.74, 6) is 0. The molecule has 1 unspecified atom stereocenters. The fourth-order valence-corrected chi connectivity index (χ4v) is 3.35. The van der Waals surface area contributed by atoms with Crippen LogP contribution < -0.4 is 21.0 Å². The number of H-pyrrole nitrogens is 1. The topological polar surface area (TPSA) is 168 Å². The second kappa shape index (κ2) is 6.10. The van der Waals surface area contributed by atoms with Crippen molar-refractivity contribution in [2.45, 2.75) is 12.5 Å². The Morgan fingerprint density at radius 2 is 2.08 bits per heavy atom. The van der Waals surface area contributed by atoms with E-state index in [2.05, 4.69) is 4.98 Å². The van der Waals surface area contributed by atoms with Crippen LogP contribution in [-0.2, 0) is 10.0 Å². The number of hydrogen-bond acceptors (Lipinski definition) is 8. The molecule has 0 bridgehead atoms. The number of anilines is 1. The van der Waals surface area contributed by atoms with Gasteiger partial charge in [0.2, 0.25) is 10.0 Å². The zero-order chi connectivity index (χ0) is 19.2. The van der Waals surface area contributed by atoms with Gasteiger partial charge in [0.15, 0.2) is 0 Å². The lowest BCUT2D eigenvalue weighted by atomic mass is 10.1. The number of aliphatic hydroxyl groups excluding tert-OH is 1. The van der Waals surface area contributed by atoms with Crippen molar-refractivity contribution >= 4 is 32.3 Å². The van der Waals surface area contributed by atoms with Crippen LogP contribution in [0.1, 0.15) is 6.42 Å². The molecule has 12 nitrogen and oxygen atoms in total. The number of β-amino-alcohol motifs (C(OH)–C–C–N with tert-alkyl or cyclic N) is 1. The molecule has 0 amide bonds. The van der Waals surface area contributed by atoms with Crippen LogP contribution in [0.3, 0.4) is 0 Å². The van der Waals surface area contributed by atoms with Crippen molar-refractivity contribution in [1.29, 1.82) is 0 Å². The summed E-state index contributed by atoms with van der Waals surface area (Å²) >= 11 is 0. The summed E-state index contributed by atoms with van der Waals surface area (Å²) in [4.78, 5) is 40.8. The normalized spacial score (nSPS) is 17.6. The van der Waals surface area contributed by atoms with Gasteiger partial charge in [-0.2, -0.15) is 4.68 Å². The molecule has 0 aliphatic carbocycles. The summed E-state index contributed by atoms with van der Waals surface area (Å²) in [7, 11) is -3.90. The van der Waals surface area contributed by atoms with Gasteiger partial charge < -0.3 is 15.0 Å². The second-order valence-corrected chi connectivity index (χ2v) is 7.69. The molecule has 1 aromatic heterocycles. The van der Waals surface area contributed by atoms with E-state index in [4.69, 9.17) is 0 Å². The van der Waals surface area contributed by atoms with Crippen molar-refractivity contribution in [3.05, 3.63) is 43.1 Å². The van der Waals surface area contributed by atoms with Crippen LogP contribution in [0, 0.1) is 10.1 Å². The molecule has 0 radical (unpaired) electrons. The van der Waals surface area contributed by atoms with Crippen LogP contribution in [0.25, 0.3) is 10.9 Å². The third-order valence-corrected chi connectivity index (χ3v) is 4.46. The van der Waals surface area contributed by atoms with E-state index in [-0.39, 0.29) is 33.5 Å². The summed E-state index contributed by atoms with van der Waals surface area (Å²) in [6, 6.07) is 2.26. The molecule has 3 rings (SSSR count). The minimum atomic E-state index is -3.90. The van der Waals surface area contributed by atoms with Crippen LogP contribution >= 0.6 is 0 Å². The summed E-state index contributed by atoms with van der Waals surface area (Å²) in [6.07, 6.45) is 0.542. The first kappa shape index (κ1) is 17.9. The smallest absolute Gasteiger partial charge is 0.348 e. The Morgan fingerprint density at radius 1 is 1.38 bits per heavy atom. The fourth-order valence-electron chi connectivity index (χ4n) is 2.85. The minimum absolute atomic E-state index is 0.0956. The highest BCUT2D eigenvalue weighted by Gasteiger charge is 2.28. The first-order valence-electron chi connectivity index (χ1n) is 7.45. The summed E-state index contributed by atoms with van der Waals surface area (Å²) in [5, 5.41) is 20.9. The van der Waals surface area contributed by atoms with E-state index in [0.29, 0.717) is 13.0 Å². The third kappa shape index (κ3) is 3.25. The number of hydrogen-bond donors (Lipinski definition) is 3. The van der Waals surface area contributed by atoms with Crippen molar-refractivity contribution < 1.29 is 18.4 Å². The number of rotatable bonds is 4. The van der Waals surface area contributed by atoms with Crippen LogP contribution in [0.15, 0.2) is 21.7 Å². The van der Waals surface area contributed by atoms with E-state index in [9.17, 15) is 33.2 Å². The molecule has 1 aromatic carbocycles. The van der Waals surface area contributed by atoms with E-state index < -0.39 is 32.3 Å². The number of fused-ring (bicyclic) bond motifs is 1. The van der Waals surface area contributed by atoms with Gasteiger partial charge in [0, 0.05) is 19.2 Å². The van der Waals surface area contributed by atoms with E-state index >= 15 is 0 Å². The molecule has 2 aromatic rings. The zero-order valence-corrected chi connectivity index (χ0v) is 14.3. The zero-order valence-electron chi connectivity index (χ0n) is 13.5. The van der Waals surface area contributed by atoms with Gasteiger partial charge >= 0.3 is 5.69 Å². The number of benzene rings is 1. The average molecular weight is 385 g/mol. The first-order valence-corrected chi connectivity index (χ1v) is 9.34. The number of sulfonamides is 1. The van der Waals surface area contributed by atoms with Crippen LogP contribution in [0.5, 0.6) is 0 Å². The van der Waals surface area contributed by atoms with Gasteiger partial charge in [0.1, 0.15) is 5.69 Å². The standard InChI is InChI=1S/C13H15N5O7S/c1-26(24,25)15-17-12(20)8-4-10(16-3-2-7(19)6-16)11(18(22)23)5-9(8)14-13(17)21/h4-5,7,15,19H,2-3,6H2,1H3,(H,14,21). The monoisotopic (exact) mass is 385 g/mol. The highest BCUT2D eigenvalue weighted by molar-refractivity contribution is 7.91. The van der Waals surface area contributed by atoms with Crippen LogP contribution in [-0.4, -0.2) is 53.6 Å². The van der Waals surface area contributed by atoms with Crippen molar-refractivity contribution in [3.63, 3.8) is 0 Å². The highest BCUT2D eigenvalue weighted by Crippen LogP contribution is 2.33. The molecule has 1 aliphatic rings. The molecule has 13 heteroatoms. The Morgan fingerprint density at radius 3 is 2.62 bits per heavy atom. The fraction of sp³-hybridized carbons (Fsp3) is 0.385. The molecular weight excluding hydrogens is 370 g/mol. The number of nitrogens with one attached hydrogen (secondary N) is 2. The number of aromatic amines is 1. The van der Waals surface area contributed by atoms with E-state index in [1.54, 1.807) is 9.73 Å². The third-order valence-electron chi connectivity index (χ3n) is 3.95. The van der Waals surface area contributed by atoms with E-state index in [1.807, 2.05) is 0 Å². The molecular formula is C13H15N5O7S. The van der Waals surface area contributed by atoms with Crippen LogP contribution in [0.4, 0.5) is 11.4 Å². The Bertz CT molecular complexity index is 1120. The maximum Gasteiger partial charge on any atom is 0.348 e. The minimum Gasteiger partial charge on any atom is -0.391 e. The van der Waals surface area contributed by atoms with Crippen molar-refractivity contribution in [2.24, 2.45) is 0 Å². The van der Waals surface area contributed by atoms with Crippen molar-refractivity contribution in [2.75, 3.05) is 29.1 Å². The van der Waals surface area contributed by atoms with Gasteiger partial charge in [-0.1, -0.05) is 0 Å². The Labute approximate surface area is 145 Å². The molecule has 1 aliphatic heterocycles. The number of nitro benzene ring substituents is 1. The predicted octanol–water partition coefficient (Wildman–Crippen LogP) is -1.33. The molecule has 0 spiro atoms. The van der Waals surface area contributed by atoms with Gasteiger partial charge in [0.05, 0.1) is 28.2 Å². The Balaban J connectivity index is 2.28. The molecule has 26 heavy (non-hydrogen) atoms. The number of aliphatic hydroxyl groups is 1. The molecule has 3 N–H and O–H groups in total. The second-order valence-electron chi connectivity index (χ2n) is 5.97. The number of nitrogens with zero attached hydrogens (tertiary/aromatic N) is 3. The molecule has 140 valence electrons. The Kier molecular flexibility index (Phi) is 4.20. The summed E-state index contributed by atoms with van der Waals surface area (Å²) in [5.41, 5.74) is -2.37. The Hall–Kier alpha value is -2.93. The first-order chi connectivity index (χ1) is 12.1. The van der Waals surface area contributed by atoms with Crippen molar-refractivity contribution in [1.82, 2.24) is 9.66 Å². The lowest BCUT2D eigenvalue weighted by Crippen LogP contribution is -2.43. The lowest BCUT2D eigenvalue weighted by Gasteiger charge is -2.18. The van der Waals surface area contributed by atoms with E-state index in [1.165, 1.54) is 6.07 Å². The summed E-state index contributed by atoms with van der Waals surface area (Å²) < 4.78 is 23.0. The maximum absolute atomic E-state index is 12.5. The quantitative estimate of drug-likeness (QED) is 0.430. The summed E-state index contributed by atoms with van der Waals surface area (Å²) in [6.45, 7) is 0.512. The molecule has 1 atom stereocenters.